The Bertz CT molecular complexity index is 278. The van der Waals surface area contributed by atoms with E-state index in [9.17, 15) is 0 Å². The number of hydrogen-bond acceptors (Lipinski definition) is 2. The molecule has 82 valence electrons. The van der Waals surface area contributed by atoms with E-state index in [1.54, 1.807) is 12.2 Å². The molecule has 2 atom stereocenters. The van der Waals surface area contributed by atoms with Crippen molar-refractivity contribution in [3.8, 4) is 0 Å². The highest BCUT2D eigenvalue weighted by atomic mass is 35.5. The first-order chi connectivity index (χ1) is 7.22. The van der Waals surface area contributed by atoms with Gasteiger partial charge in [0.15, 0.2) is 0 Å². The highest BCUT2D eigenvalue weighted by molar-refractivity contribution is 6.46. The minimum atomic E-state index is -0.203. The van der Waals surface area contributed by atoms with Crippen molar-refractivity contribution < 1.29 is 9.31 Å². The molecule has 0 aromatic rings. The van der Waals surface area contributed by atoms with E-state index < -0.39 is 0 Å². The molecule has 1 aliphatic heterocycles. The van der Waals surface area contributed by atoms with Crippen LogP contribution in [0.3, 0.4) is 0 Å². The van der Waals surface area contributed by atoms with E-state index in [4.69, 9.17) is 32.5 Å². The Morgan fingerprint density at radius 2 is 1.73 bits per heavy atom. The van der Waals surface area contributed by atoms with Crippen LogP contribution in [0.5, 0.6) is 0 Å². The summed E-state index contributed by atoms with van der Waals surface area (Å²) in [5, 5.41) is 1.34. The van der Waals surface area contributed by atoms with Gasteiger partial charge in [-0.15, -0.1) is 0 Å². The third kappa shape index (κ3) is 2.42. The fourth-order valence-corrected chi connectivity index (χ4v) is 2.23. The zero-order chi connectivity index (χ0) is 10.8. The molecule has 0 aromatic carbocycles. The minimum Gasteiger partial charge on any atom is -0.400 e. The maximum absolute atomic E-state index is 6.04. The Hall–Kier alpha value is 0.0449. The Labute approximate surface area is 100 Å². The van der Waals surface area contributed by atoms with Gasteiger partial charge in [0.1, 0.15) is 12.2 Å². The lowest BCUT2D eigenvalue weighted by atomic mass is 9.83. The molecule has 0 spiro atoms. The standard InChI is InChI=1S/C10H13BCl2O2/c1-2-3-6-11-14-9-7(12)4-5-8(13)10(9)15-11/h4-5,9-10H,2-3,6H2,1H3. The van der Waals surface area contributed by atoms with Crippen LogP contribution < -0.4 is 0 Å². The molecule has 1 fully saturated rings. The van der Waals surface area contributed by atoms with Crippen LogP contribution in [0.2, 0.25) is 6.32 Å². The molecule has 0 N–H and O–H groups in total. The van der Waals surface area contributed by atoms with Crippen LogP contribution in [0.4, 0.5) is 0 Å². The third-order valence-electron chi connectivity index (χ3n) is 2.61. The molecule has 1 heterocycles. The first-order valence-electron chi connectivity index (χ1n) is 5.26. The molecule has 0 radical (unpaired) electrons. The number of hydrogen-bond donors (Lipinski definition) is 0. The molecule has 2 rings (SSSR count). The predicted octanol–water partition coefficient (Wildman–Crippen LogP) is 3.32. The summed E-state index contributed by atoms with van der Waals surface area (Å²) in [7, 11) is -0.164. The minimum absolute atomic E-state index is 0.164. The van der Waals surface area contributed by atoms with Crippen LogP contribution >= 0.6 is 23.2 Å². The van der Waals surface area contributed by atoms with Crippen molar-refractivity contribution in [2.24, 2.45) is 0 Å². The zero-order valence-corrected chi connectivity index (χ0v) is 10.1. The number of fused-ring (bicyclic) bond motifs is 1. The second-order valence-electron chi connectivity index (χ2n) is 3.79. The monoisotopic (exact) mass is 246 g/mol. The molecule has 1 aliphatic carbocycles. The van der Waals surface area contributed by atoms with E-state index in [2.05, 4.69) is 6.92 Å². The smallest absolute Gasteiger partial charge is 0.400 e. The van der Waals surface area contributed by atoms with Gasteiger partial charge in [0.25, 0.3) is 0 Å². The Kier molecular flexibility index (Phi) is 3.78. The topological polar surface area (TPSA) is 18.5 Å². The molecule has 1 saturated heterocycles. The van der Waals surface area contributed by atoms with Crippen molar-refractivity contribution in [3.05, 3.63) is 22.2 Å². The van der Waals surface area contributed by atoms with Gasteiger partial charge < -0.3 is 9.31 Å². The van der Waals surface area contributed by atoms with Gasteiger partial charge in [0.2, 0.25) is 0 Å². The molecular formula is C10H13BCl2O2. The summed E-state index contributed by atoms with van der Waals surface area (Å²) in [5.41, 5.74) is 0. The second kappa shape index (κ2) is 4.92. The van der Waals surface area contributed by atoms with Crippen LogP contribution in [-0.2, 0) is 9.31 Å². The summed E-state index contributed by atoms with van der Waals surface area (Å²) in [6.45, 7) is 2.14. The van der Waals surface area contributed by atoms with E-state index in [0.717, 1.165) is 19.2 Å². The van der Waals surface area contributed by atoms with Crippen LogP contribution in [0.1, 0.15) is 19.8 Å². The summed E-state index contributed by atoms with van der Waals surface area (Å²) in [4.78, 5) is 0. The number of halogens is 2. The molecule has 0 saturated carbocycles. The lowest BCUT2D eigenvalue weighted by Crippen LogP contribution is -2.25. The molecule has 0 aromatic heterocycles. The first kappa shape index (κ1) is 11.5. The van der Waals surface area contributed by atoms with Crippen molar-refractivity contribution in [3.63, 3.8) is 0 Å². The van der Waals surface area contributed by atoms with Crippen LogP contribution in [0.25, 0.3) is 0 Å². The fourth-order valence-electron chi connectivity index (χ4n) is 1.78. The molecule has 0 bridgehead atoms. The lowest BCUT2D eigenvalue weighted by Gasteiger charge is -2.20. The molecule has 2 unspecified atom stereocenters. The lowest BCUT2D eigenvalue weighted by molar-refractivity contribution is 0.225. The van der Waals surface area contributed by atoms with E-state index in [1.807, 2.05) is 0 Å². The summed E-state index contributed by atoms with van der Waals surface area (Å²) in [6.07, 6.45) is 6.26. The maximum atomic E-state index is 6.04. The van der Waals surface area contributed by atoms with Gasteiger partial charge in [0.05, 0.1) is 0 Å². The first-order valence-corrected chi connectivity index (χ1v) is 6.01. The van der Waals surface area contributed by atoms with Crippen LogP contribution in [-0.4, -0.2) is 19.3 Å². The summed E-state index contributed by atoms with van der Waals surface area (Å²) in [6, 6.07) is 0. The van der Waals surface area contributed by atoms with Crippen LogP contribution in [0, 0.1) is 0 Å². The van der Waals surface area contributed by atoms with Gasteiger partial charge in [-0.25, -0.2) is 0 Å². The molecule has 0 amide bonds. The fraction of sp³-hybridized carbons (Fsp3) is 0.600. The van der Waals surface area contributed by atoms with Crippen molar-refractivity contribution in [2.75, 3.05) is 0 Å². The van der Waals surface area contributed by atoms with Gasteiger partial charge in [-0.2, -0.15) is 0 Å². The van der Waals surface area contributed by atoms with Gasteiger partial charge in [-0.05, 0) is 18.5 Å². The van der Waals surface area contributed by atoms with Gasteiger partial charge in [-0.3, -0.25) is 0 Å². The van der Waals surface area contributed by atoms with Crippen molar-refractivity contribution >= 4 is 30.3 Å². The average molecular weight is 247 g/mol. The highest BCUT2D eigenvalue weighted by Crippen LogP contribution is 2.35. The molecule has 2 aliphatic rings. The SMILES string of the molecule is CCCCB1OC2C(Cl)=CC=C(Cl)C2O1. The van der Waals surface area contributed by atoms with Crippen molar-refractivity contribution in [1.82, 2.24) is 0 Å². The number of unbranched alkanes of at least 4 members (excludes halogenated alkanes) is 1. The van der Waals surface area contributed by atoms with E-state index in [0.29, 0.717) is 10.1 Å². The van der Waals surface area contributed by atoms with Gasteiger partial charge >= 0.3 is 7.12 Å². The van der Waals surface area contributed by atoms with Crippen molar-refractivity contribution in [1.29, 1.82) is 0 Å². The summed E-state index contributed by atoms with van der Waals surface area (Å²) >= 11 is 12.1. The molecule has 15 heavy (non-hydrogen) atoms. The van der Waals surface area contributed by atoms with Gasteiger partial charge in [-0.1, -0.05) is 43.0 Å². The van der Waals surface area contributed by atoms with Crippen molar-refractivity contribution in [2.45, 2.75) is 38.3 Å². The Balaban J connectivity index is 2.01. The Morgan fingerprint density at radius 1 is 1.20 bits per heavy atom. The average Bonchev–Trinajstić information content (AvgIpc) is 2.66. The van der Waals surface area contributed by atoms with Crippen LogP contribution in [0.15, 0.2) is 22.2 Å². The predicted molar refractivity (Wildman–Crippen MR) is 63.1 cm³/mol. The zero-order valence-electron chi connectivity index (χ0n) is 8.58. The summed E-state index contributed by atoms with van der Waals surface area (Å²) in [5.74, 6) is 0. The second-order valence-corrected chi connectivity index (χ2v) is 4.66. The molecule has 2 nitrogen and oxygen atoms in total. The van der Waals surface area contributed by atoms with E-state index >= 15 is 0 Å². The third-order valence-corrected chi connectivity index (χ3v) is 3.29. The maximum Gasteiger partial charge on any atom is 0.458 e. The summed E-state index contributed by atoms with van der Waals surface area (Å²) < 4.78 is 11.4. The van der Waals surface area contributed by atoms with E-state index in [-0.39, 0.29) is 19.3 Å². The number of rotatable bonds is 3. The normalized spacial score (nSPS) is 29.9. The molecule has 5 heteroatoms. The highest BCUT2D eigenvalue weighted by Gasteiger charge is 2.43. The number of allylic oxidation sites excluding steroid dienone is 2. The quantitative estimate of drug-likeness (QED) is 0.712. The van der Waals surface area contributed by atoms with E-state index in [1.165, 1.54) is 0 Å². The molecular weight excluding hydrogens is 234 g/mol. The van der Waals surface area contributed by atoms with Gasteiger partial charge in [0, 0.05) is 10.1 Å². The largest absolute Gasteiger partial charge is 0.458 e. The Morgan fingerprint density at radius 3 is 2.20 bits per heavy atom.